The van der Waals surface area contributed by atoms with Gasteiger partial charge < -0.3 is 9.32 Å². The Bertz CT molecular complexity index is 2690. The van der Waals surface area contributed by atoms with Gasteiger partial charge in [-0.05, 0) is 98.1 Å². The average molecular weight is 680 g/mol. The lowest BCUT2D eigenvalue weighted by Crippen LogP contribution is -2.16. The van der Waals surface area contributed by atoms with Crippen molar-refractivity contribution in [3.05, 3.63) is 199 Å². The van der Waals surface area contributed by atoms with E-state index in [2.05, 4.69) is 207 Å². The predicted molar refractivity (Wildman–Crippen MR) is 222 cm³/mol. The van der Waals surface area contributed by atoms with E-state index in [-0.39, 0.29) is 5.41 Å². The van der Waals surface area contributed by atoms with Gasteiger partial charge in [-0.3, -0.25) is 0 Å². The number of anilines is 3. The van der Waals surface area contributed by atoms with Crippen molar-refractivity contribution in [3.63, 3.8) is 0 Å². The van der Waals surface area contributed by atoms with Crippen LogP contribution in [-0.2, 0) is 5.41 Å². The molecule has 0 N–H and O–H groups in total. The van der Waals surface area contributed by atoms with Crippen LogP contribution in [0.25, 0.3) is 66.4 Å². The Kier molecular flexibility index (Phi) is 7.19. The molecule has 53 heavy (non-hydrogen) atoms. The highest BCUT2D eigenvalue weighted by molar-refractivity contribution is 6.11. The minimum absolute atomic E-state index is 0.101. The molecule has 0 saturated carbocycles. The van der Waals surface area contributed by atoms with Crippen molar-refractivity contribution in [1.29, 1.82) is 0 Å². The smallest absolute Gasteiger partial charge is 0.159 e. The molecule has 0 bridgehead atoms. The van der Waals surface area contributed by atoms with Crippen LogP contribution in [0.5, 0.6) is 0 Å². The van der Waals surface area contributed by atoms with Crippen molar-refractivity contribution in [2.45, 2.75) is 19.3 Å². The van der Waals surface area contributed by atoms with Crippen LogP contribution in [0.2, 0.25) is 0 Å². The lowest BCUT2D eigenvalue weighted by molar-refractivity contribution is 0.662. The highest BCUT2D eigenvalue weighted by atomic mass is 16.3. The first-order valence-electron chi connectivity index (χ1n) is 18.3. The first-order chi connectivity index (χ1) is 26.0. The minimum Gasteiger partial charge on any atom is -0.454 e. The van der Waals surface area contributed by atoms with Gasteiger partial charge in [0.05, 0.1) is 5.69 Å². The number of furan rings is 1. The molecule has 10 rings (SSSR count). The van der Waals surface area contributed by atoms with Gasteiger partial charge in [0, 0.05) is 27.6 Å². The molecule has 0 fully saturated rings. The summed E-state index contributed by atoms with van der Waals surface area (Å²) in [6.07, 6.45) is 0. The maximum Gasteiger partial charge on any atom is 0.159 e. The molecule has 1 aliphatic rings. The number of fused-ring (bicyclic) bond motifs is 6. The van der Waals surface area contributed by atoms with Crippen LogP contribution in [0.3, 0.4) is 0 Å². The highest BCUT2D eigenvalue weighted by Gasteiger charge is 2.37. The predicted octanol–water partition coefficient (Wildman–Crippen LogP) is 14.4. The van der Waals surface area contributed by atoms with Crippen molar-refractivity contribution in [1.82, 2.24) is 0 Å². The number of benzene rings is 8. The van der Waals surface area contributed by atoms with Crippen molar-refractivity contribution in [2.24, 2.45) is 0 Å². The van der Waals surface area contributed by atoms with Gasteiger partial charge in [-0.25, -0.2) is 0 Å². The van der Waals surface area contributed by atoms with Gasteiger partial charge in [0.25, 0.3) is 0 Å². The molecule has 8 aromatic carbocycles. The van der Waals surface area contributed by atoms with Crippen LogP contribution in [0.15, 0.2) is 192 Å². The van der Waals surface area contributed by atoms with Crippen molar-refractivity contribution in [3.8, 4) is 44.5 Å². The molecule has 0 radical (unpaired) electrons. The summed E-state index contributed by atoms with van der Waals surface area (Å²) in [5, 5.41) is 2.21. The molecule has 0 saturated heterocycles. The summed E-state index contributed by atoms with van der Waals surface area (Å²) in [5.74, 6) is 0. The van der Waals surface area contributed by atoms with Gasteiger partial charge in [0.1, 0.15) is 5.58 Å². The van der Waals surface area contributed by atoms with Crippen molar-refractivity contribution >= 4 is 39.0 Å². The van der Waals surface area contributed by atoms with Gasteiger partial charge in [-0.15, -0.1) is 0 Å². The number of nitrogens with zero attached hydrogens (tertiary/aromatic N) is 1. The lowest BCUT2D eigenvalue weighted by Gasteiger charge is -2.26. The molecule has 2 heteroatoms. The summed E-state index contributed by atoms with van der Waals surface area (Å²) in [6.45, 7) is 4.71. The van der Waals surface area contributed by atoms with Crippen LogP contribution >= 0.6 is 0 Å². The third-order valence-electron chi connectivity index (χ3n) is 11.1. The van der Waals surface area contributed by atoms with Crippen molar-refractivity contribution < 1.29 is 4.42 Å². The van der Waals surface area contributed by atoms with Gasteiger partial charge >= 0.3 is 0 Å². The molecule has 0 aliphatic heterocycles. The summed E-state index contributed by atoms with van der Waals surface area (Å²) in [4.78, 5) is 2.32. The van der Waals surface area contributed by atoms with Crippen LogP contribution in [-0.4, -0.2) is 0 Å². The average Bonchev–Trinajstić information content (AvgIpc) is 3.71. The first-order valence-corrected chi connectivity index (χ1v) is 18.3. The Hall–Kier alpha value is -6.64. The van der Waals surface area contributed by atoms with Crippen LogP contribution in [0.4, 0.5) is 17.1 Å². The second-order valence-corrected chi connectivity index (χ2v) is 14.5. The maximum atomic E-state index is 6.83. The molecule has 1 heterocycles. The summed E-state index contributed by atoms with van der Waals surface area (Å²) in [6, 6.07) is 67.6. The van der Waals surface area contributed by atoms with Gasteiger partial charge in [-0.2, -0.15) is 0 Å². The Balaban J connectivity index is 1.12. The molecule has 0 spiro atoms. The number of rotatable bonds is 6. The SMILES string of the molecule is CC1(C)c2ccccc2-c2cccc(-c3ccc4oc5c(N(c6ccc(-c7ccccc7)cc6)c6ccc(-c7ccccc7)cc6)cccc5c4c3)c21. The molecule has 9 aromatic rings. The van der Waals surface area contributed by atoms with Gasteiger partial charge in [0.15, 0.2) is 5.58 Å². The summed E-state index contributed by atoms with van der Waals surface area (Å²) >= 11 is 0. The van der Waals surface area contributed by atoms with E-state index in [1.807, 2.05) is 0 Å². The molecule has 0 amide bonds. The zero-order valence-corrected chi connectivity index (χ0v) is 29.8. The zero-order valence-electron chi connectivity index (χ0n) is 29.8. The molecule has 1 aliphatic carbocycles. The Morgan fingerprint density at radius 2 is 0.943 bits per heavy atom. The molecule has 2 nitrogen and oxygen atoms in total. The quantitative estimate of drug-likeness (QED) is 0.174. The van der Waals surface area contributed by atoms with Crippen molar-refractivity contribution in [2.75, 3.05) is 4.90 Å². The fraction of sp³-hybridized carbons (Fsp3) is 0.0588. The normalized spacial score (nSPS) is 12.9. The Labute approximate surface area is 310 Å². The molecule has 1 aromatic heterocycles. The third-order valence-corrected chi connectivity index (χ3v) is 11.1. The van der Waals surface area contributed by atoms with E-state index in [1.165, 1.54) is 55.6 Å². The second-order valence-electron chi connectivity index (χ2n) is 14.5. The summed E-state index contributed by atoms with van der Waals surface area (Å²) in [5.41, 5.74) is 17.4. The van der Waals surface area contributed by atoms with Crippen LogP contribution < -0.4 is 4.90 Å². The lowest BCUT2D eigenvalue weighted by atomic mass is 9.79. The Morgan fingerprint density at radius 3 is 1.60 bits per heavy atom. The number of para-hydroxylation sites is 1. The number of hydrogen-bond donors (Lipinski definition) is 0. The van der Waals surface area contributed by atoms with E-state index >= 15 is 0 Å². The van der Waals surface area contributed by atoms with Crippen LogP contribution in [0, 0.1) is 0 Å². The van der Waals surface area contributed by atoms with E-state index in [1.54, 1.807) is 0 Å². The second kappa shape index (κ2) is 12.3. The Morgan fingerprint density at radius 1 is 0.415 bits per heavy atom. The fourth-order valence-electron chi connectivity index (χ4n) is 8.51. The third kappa shape index (κ3) is 5.10. The standard InChI is InChI=1S/C51H37NO/c1-51(2)46-21-10-9-17-42(46)43-19-11-18-41(49(43)51)38-27-32-48-45(33-38)44-20-12-22-47(50(44)53-48)52(39-28-23-36(24-29-39)34-13-5-3-6-14-34)40-30-25-37(26-31-40)35-15-7-4-8-16-35/h3-33H,1-2H3. The molecule has 252 valence electrons. The summed E-state index contributed by atoms with van der Waals surface area (Å²) < 4.78 is 6.83. The largest absolute Gasteiger partial charge is 0.454 e. The number of hydrogen-bond acceptors (Lipinski definition) is 2. The highest BCUT2D eigenvalue weighted by Crippen LogP contribution is 2.52. The fourth-order valence-corrected chi connectivity index (χ4v) is 8.51. The maximum absolute atomic E-state index is 6.83. The molecule has 0 atom stereocenters. The minimum atomic E-state index is -0.101. The molecular weight excluding hydrogens is 643 g/mol. The summed E-state index contributed by atoms with van der Waals surface area (Å²) in [7, 11) is 0. The topological polar surface area (TPSA) is 16.4 Å². The van der Waals surface area contributed by atoms with E-state index < -0.39 is 0 Å². The van der Waals surface area contributed by atoms with E-state index in [9.17, 15) is 0 Å². The van der Waals surface area contributed by atoms with E-state index in [0.717, 1.165) is 39.0 Å². The first kappa shape index (κ1) is 31.1. The van der Waals surface area contributed by atoms with Gasteiger partial charge in [-0.1, -0.05) is 159 Å². The molecular formula is C51H37NO. The van der Waals surface area contributed by atoms with E-state index in [0.29, 0.717) is 0 Å². The monoisotopic (exact) mass is 679 g/mol. The van der Waals surface area contributed by atoms with Crippen LogP contribution in [0.1, 0.15) is 25.0 Å². The zero-order chi connectivity index (χ0) is 35.5. The molecule has 0 unspecified atom stereocenters. The van der Waals surface area contributed by atoms with E-state index in [4.69, 9.17) is 4.42 Å². The van der Waals surface area contributed by atoms with Gasteiger partial charge in [0.2, 0.25) is 0 Å².